The number of hydrogen-bond acceptors (Lipinski definition) is 7. The van der Waals surface area contributed by atoms with Gasteiger partial charge in [-0.25, -0.2) is 4.39 Å². The van der Waals surface area contributed by atoms with Gasteiger partial charge in [-0.3, -0.25) is 4.98 Å². The molecular weight excluding hydrogens is 395 g/mol. The smallest absolute Gasteiger partial charge is 0.324 e. The van der Waals surface area contributed by atoms with Gasteiger partial charge in [-0.15, -0.1) is 0 Å². The van der Waals surface area contributed by atoms with Crippen molar-refractivity contribution >= 4 is 11.5 Å². The van der Waals surface area contributed by atoms with Crippen LogP contribution >= 0.6 is 0 Å². The topological polar surface area (TPSA) is 89.2 Å². The van der Waals surface area contributed by atoms with Gasteiger partial charge in [0.05, 0.1) is 11.9 Å². The van der Waals surface area contributed by atoms with Gasteiger partial charge < -0.3 is 20.7 Å². The first-order valence-corrected chi connectivity index (χ1v) is 10.7. The number of pyridine rings is 1. The average molecular weight is 418 g/mol. The lowest BCUT2D eigenvalue weighted by atomic mass is 9.97. The predicted octanol–water partition coefficient (Wildman–Crippen LogP) is 3.48. The summed E-state index contributed by atoms with van der Waals surface area (Å²) in [6, 6.07) is 7.72. The van der Waals surface area contributed by atoms with Gasteiger partial charge in [-0.1, -0.05) is 0 Å². The molecule has 158 valence electrons. The fourth-order valence-corrected chi connectivity index (χ4v) is 5.43. The molecule has 0 radical (unpaired) electrons. The third-order valence-electron chi connectivity index (χ3n) is 6.71. The zero-order chi connectivity index (χ0) is 21.1. The average Bonchev–Trinajstić information content (AvgIpc) is 3.43. The number of aromatic nitrogens is 3. The Hall–Kier alpha value is -3.26. The number of anilines is 2. The summed E-state index contributed by atoms with van der Waals surface area (Å²) in [5.41, 5.74) is 10.8. The first-order chi connectivity index (χ1) is 15.1. The highest BCUT2D eigenvalue weighted by molar-refractivity contribution is 5.88. The zero-order valence-electron chi connectivity index (χ0n) is 17.2. The van der Waals surface area contributed by atoms with E-state index in [-0.39, 0.29) is 23.9 Å². The number of nitrogens with one attached hydrogen (secondary N) is 1. The molecule has 4 heterocycles. The first kappa shape index (κ1) is 18.5. The van der Waals surface area contributed by atoms with Crippen LogP contribution in [0.5, 0.6) is 11.8 Å². The second-order valence-electron chi connectivity index (χ2n) is 8.45. The molecule has 3 aliphatic rings. The van der Waals surface area contributed by atoms with Crippen molar-refractivity contribution in [2.75, 3.05) is 17.3 Å². The number of benzene rings is 1. The van der Waals surface area contributed by atoms with Crippen LogP contribution in [0.4, 0.5) is 15.9 Å². The molecule has 3 unspecified atom stereocenters. The van der Waals surface area contributed by atoms with Crippen LogP contribution in [0.2, 0.25) is 0 Å². The molecule has 3 atom stereocenters. The van der Waals surface area contributed by atoms with Crippen molar-refractivity contribution < 1.29 is 9.13 Å². The van der Waals surface area contributed by atoms with E-state index in [1.807, 2.05) is 6.07 Å². The molecule has 0 amide bonds. The number of nitrogens with zero attached hydrogens (tertiary/aromatic N) is 4. The third kappa shape index (κ3) is 2.85. The van der Waals surface area contributed by atoms with E-state index in [0.717, 1.165) is 53.2 Å². The molecule has 1 aliphatic carbocycles. The maximum absolute atomic E-state index is 14.5. The van der Waals surface area contributed by atoms with Gasteiger partial charge in [-0.05, 0) is 54.7 Å². The molecule has 3 N–H and O–H groups in total. The number of ether oxygens (including phenoxy) is 1. The van der Waals surface area contributed by atoms with E-state index in [2.05, 4.69) is 15.2 Å². The maximum atomic E-state index is 14.5. The zero-order valence-corrected chi connectivity index (χ0v) is 17.2. The SMILES string of the molecule is CNc1cc(F)cc2c1Cc1nc(Oc3cccnc3)nc(N3C4CCC3C(N)C4)c1-2. The monoisotopic (exact) mass is 418 g/mol. The Labute approximate surface area is 179 Å². The number of fused-ring (bicyclic) bond motifs is 5. The Morgan fingerprint density at radius 3 is 2.87 bits per heavy atom. The van der Waals surface area contributed by atoms with Crippen LogP contribution in [0.1, 0.15) is 30.5 Å². The van der Waals surface area contributed by atoms with Crippen LogP contribution in [0.3, 0.4) is 0 Å². The van der Waals surface area contributed by atoms with Crippen molar-refractivity contribution in [3.8, 4) is 22.9 Å². The Morgan fingerprint density at radius 1 is 1.26 bits per heavy atom. The predicted molar refractivity (Wildman–Crippen MR) is 116 cm³/mol. The minimum Gasteiger partial charge on any atom is -0.423 e. The molecule has 2 fully saturated rings. The van der Waals surface area contributed by atoms with E-state index in [1.54, 1.807) is 31.6 Å². The fourth-order valence-electron chi connectivity index (χ4n) is 5.43. The molecule has 8 heteroatoms. The molecule has 2 aromatic heterocycles. The lowest BCUT2D eigenvalue weighted by molar-refractivity contribution is 0.438. The Bertz CT molecular complexity index is 1170. The van der Waals surface area contributed by atoms with Crippen molar-refractivity contribution in [1.29, 1.82) is 0 Å². The highest BCUT2D eigenvalue weighted by Crippen LogP contribution is 2.49. The molecule has 2 aliphatic heterocycles. The number of hydrogen-bond donors (Lipinski definition) is 2. The standard InChI is InChI=1S/C23H23FN6O/c1-26-18-8-12(24)7-16-15(18)10-19-21(16)22(30-13-4-5-20(30)17(25)9-13)29-23(28-19)31-14-3-2-6-27-11-14/h2-3,6-8,11,13,17,20,26H,4-5,9-10,25H2,1H3. The molecular formula is C23H23FN6O. The lowest BCUT2D eigenvalue weighted by Gasteiger charge is -2.27. The van der Waals surface area contributed by atoms with Crippen molar-refractivity contribution in [3.63, 3.8) is 0 Å². The number of rotatable bonds is 4. The third-order valence-corrected chi connectivity index (χ3v) is 6.71. The molecule has 31 heavy (non-hydrogen) atoms. The van der Waals surface area contributed by atoms with Gasteiger partial charge in [0.1, 0.15) is 17.4 Å². The Morgan fingerprint density at radius 2 is 2.16 bits per heavy atom. The van der Waals surface area contributed by atoms with Gasteiger partial charge >= 0.3 is 6.01 Å². The van der Waals surface area contributed by atoms with E-state index >= 15 is 0 Å². The molecule has 7 nitrogen and oxygen atoms in total. The van der Waals surface area contributed by atoms with Crippen LogP contribution < -0.4 is 20.7 Å². The van der Waals surface area contributed by atoms with Crippen molar-refractivity contribution in [3.05, 3.63) is 53.7 Å². The molecule has 3 aromatic rings. The molecule has 0 spiro atoms. The van der Waals surface area contributed by atoms with Crippen LogP contribution in [0.15, 0.2) is 36.7 Å². The van der Waals surface area contributed by atoms with Gasteiger partial charge in [0.15, 0.2) is 0 Å². The number of halogens is 1. The highest BCUT2D eigenvalue weighted by Gasteiger charge is 2.47. The second-order valence-corrected chi connectivity index (χ2v) is 8.45. The molecule has 1 aromatic carbocycles. The van der Waals surface area contributed by atoms with Gasteiger partial charge in [0.2, 0.25) is 0 Å². The Kier molecular flexibility index (Phi) is 4.11. The Balaban J connectivity index is 1.53. The van der Waals surface area contributed by atoms with Gasteiger partial charge in [0.25, 0.3) is 0 Å². The molecule has 2 bridgehead atoms. The normalized spacial score (nSPS) is 23.1. The van der Waals surface area contributed by atoms with E-state index in [9.17, 15) is 4.39 Å². The van der Waals surface area contributed by atoms with Crippen LogP contribution in [0, 0.1) is 5.82 Å². The second kappa shape index (κ2) is 6.88. The summed E-state index contributed by atoms with van der Waals surface area (Å²) in [6.45, 7) is 0. The van der Waals surface area contributed by atoms with Crippen molar-refractivity contribution in [2.45, 2.75) is 43.8 Å². The van der Waals surface area contributed by atoms with Gasteiger partial charge in [0, 0.05) is 49.0 Å². The lowest BCUT2D eigenvalue weighted by Crippen LogP contribution is -2.37. The summed E-state index contributed by atoms with van der Waals surface area (Å²) in [4.78, 5) is 16.0. The van der Waals surface area contributed by atoms with Gasteiger partial charge in [-0.2, -0.15) is 9.97 Å². The van der Waals surface area contributed by atoms with Crippen LogP contribution in [-0.2, 0) is 6.42 Å². The summed E-state index contributed by atoms with van der Waals surface area (Å²) in [5, 5.41) is 3.12. The summed E-state index contributed by atoms with van der Waals surface area (Å²) in [5.74, 6) is 1.10. The first-order valence-electron chi connectivity index (χ1n) is 10.7. The quantitative estimate of drug-likeness (QED) is 0.524. The summed E-state index contributed by atoms with van der Waals surface area (Å²) >= 11 is 0. The maximum Gasteiger partial charge on any atom is 0.324 e. The summed E-state index contributed by atoms with van der Waals surface area (Å²) in [7, 11) is 1.81. The largest absolute Gasteiger partial charge is 0.423 e. The van der Waals surface area contributed by atoms with E-state index in [1.165, 1.54) is 6.07 Å². The van der Waals surface area contributed by atoms with E-state index < -0.39 is 0 Å². The summed E-state index contributed by atoms with van der Waals surface area (Å²) < 4.78 is 20.4. The minimum absolute atomic E-state index is 0.119. The molecule has 2 saturated heterocycles. The van der Waals surface area contributed by atoms with Crippen molar-refractivity contribution in [2.24, 2.45) is 5.73 Å². The van der Waals surface area contributed by atoms with Crippen LogP contribution in [0.25, 0.3) is 11.1 Å². The molecule has 0 saturated carbocycles. The minimum atomic E-state index is -0.279. The van der Waals surface area contributed by atoms with E-state index in [0.29, 0.717) is 18.2 Å². The van der Waals surface area contributed by atoms with Crippen LogP contribution in [-0.4, -0.2) is 40.1 Å². The van der Waals surface area contributed by atoms with Crippen molar-refractivity contribution in [1.82, 2.24) is 15.0 Å². The molecule has 6 rings (SSSR count). The number of nitrogens with two attached hydrogens (primary N) is 1. The highest BCUT2D eigenvalue weighted by atomic mass is 19.1. The van der Waals surface area contributed by atoms with E-state index in [4.69, 9.17) is 20.4 Å². The fraction of sp³-hybridized carbons (Fsp3) is 0.348. The summed E-state index contributed by atoms with van der Waals surface area (Å²) in [6.07, 6.45) is 6.99.